The summed E-state index contributed by atoms with van der Waals surface area (Å²) in [6.07, 6.45) is 5.53. The van der Waals surface area contributed by atoms with Crippen LogP contribution in [-0.4, -0.2) is 25.7 Å². The summed E-state index contributed by atoms with van der Waals surface area (Å²) >= 11 is 1.83. The third-order valence-corrected chi connectivity index (χ3v) is 4.37. The number of aliphatic hydroxyl groups is 1. The lowest BCUT2D eigenvalue weighted by Gasteiger charge is -2.36. The van der Waals surface area contributed by atoms with Gasteiger partial charge in [0.15, 0.2) is 0 Å². The van der Waals surface area contributed by atoms with Gasteiger partial charge < -0.3 is 9.67 Å². The van der Waals surface area contributed by atoms with Crippen LogP contribution in [0.3, 0.4) is 0 Å². The van der Waals surface area contributed by atoms with Crippen molar-refractivity contribution in [2.45, 2.75) is 30.6 Å². The first-order chi connectivity index (χ1) is 6.64. The van der Waals surface area contributed by atoms with Crippen molar-refractivity contribution in [2.75, 3.05) is 5.75 Å². The summed E-state index contributed by atoms with van der Waals surface area (Å²) in [5.74, 6) is 1.95. The van der Waals surface area contributed by atoms with Crippen LogP contribution < -0.4 is 0 Å². The minimum atomic E-state index is -0.735. The zero-order valence-corrected chi connectivity index (χ0v) is 9.42. The highest BCUT2D eigenvalue weighted by molar-refractivity contribution is 8.00. The summed E-state index contributed by atoms with van der Waals surface area (Å²) in [5.41, 5.74) is -0.735. The molecule has 0 aromatic carbocycles. The zero-order valence-electron chi connectivity index (χ0n) is 8.60. The Morgan fingerprint density at radius 3 is 3.07 bits per heavy atom. The van der Waals surface area contributed by atoms with Gasteiger partial charge >= 0.3 is 0 Å². The summed E-state index contributed by atoms with van der Waals surface area (Å²) in [5, 5.41) is 10.8. The highest BCUT2D eigenvalue weighted by Gasteiger charge is 2.41. The molecule has 78 valence electrons. The van der Waals surface area contributed by atoms with Crippen molar-refractivity contribution in [3.05, 3.63) is 18.2 Å². The number of rotatable bonds is 1. The van der Waals surface area contributed by atoms with Crippen LogP contribution >= 0.6 is 11.8 Å². The van der Waals surface area contributed by atoms with E-state index in [-0.39, 0.29) is 5.25 Å². The van der Waals surface area contributed by atoms with Gasteiger partial charge in [-0.1, -0.05) is 6.92 Å². The lowest BCUT2D eigenvalue weighted by atomic mass is 9.93. The van der Waals surface area contributed by atoms with Crippen LogP contribution in [0.15, 0.2) is 12.4 Å². The predicted octanol–water partition coefficient (Wildman–Crippen LogP) is 1.52. The molecule has 2 atom stereocenters. The van der Waals surface area contributed by atoms with Crippen molar-refractivity contribution >= 4 is 11.8 Å². The Hall–Kier alpha value is -0.480. The monoisotopic (exact) mass is 212 g/mol. The fraction of sp³-hybridized carbons (Fsp3) is 0.700. The molecule has 3 nitrogen and oxygen atoms in total. The number of aromatic nitrogens is 2. The van der Waals surface area contributed by atoms with Crippen LogP contribution in [0, 0.1) is 0 Å². The van der Waals surface area contributed by atoms with Crippen molar-refractivity contribution < 1.29 is 5.11 Å². The molecule has 0 amide bonds. The molecule has 0 bridgehead atoms. The van der Waals surface area contributed by atoms with E-state index in [0.717, 1.165) is 24.4 Å². The first kappa shape index (κ1) is 10.1. The Morgan fingerprint density at radius 1 is 1.71 bits per heavy atom. The second-order valence-corrected chi connectivity index (χ2v) is 5.35. The first-order valence-electron chi connectivity index (χ1n) is 4.96. The molecule has 1 fully saturated rings. The van der Waals surface area contributed by atoms with Gasteiger partial charge in [0, 0.05) is 24.7 Å². The number of thioether (sulfide) groups is 1. The van der Waals surface area contributed by atoms with Crippen LogP contribution in [0.1, 0.15) is 25.6 Å². The molecule has 2 heterocycles. The van der Waals surface area contributed by atoms with Crippen molar-refractivity contribution in [2.24, 2.45) is 7.05 Å². The molecule has 1 aliphatic heterocycles. The summed E-state index contributed by atoms with van der Waals surface area (Å²) in [6.45, 7) is 2.08. The van der Waals surface area contributed by atoms with Gasteiger partial charge in [-0.15, -0.1) is 0 Å². The van der Waals surface area contributed by atoms with E-state index in [9.17, 15) is 5.11 Å². The number of aryl methyl sites for hydroxylation is 1. The van der Waals surface area contributed by atoms with E-state index >= 15 is 0 Å². The lowest BCUT2D eigenvalue weighted by molar-refractivity contribution is 0.0140. The van der Waals surface area contributed by atoms with Gasteiger partial charge in [-0.3, -0.25) is 0 Å². The molecule has 1 N–H and O–H groups in total. The Kier molecular flexibility index (Phi) is 2.58. The van der Waals surface area contributed by atoms with Crippen LogP contribution in [0.25, 0.3) is 0 Å². The van der Waals surface area contributed by atoms with E-state index in [0.29, 0.717) is 0 Å². The van der Waals surface area contributed by atoms with Gasteiger partial charge in [0.1, 0.15) is 11.4 Å². The topological polar surface area (TPSA) is 38.1 Å². The van der Waals surface area contributed by atoms with Gasteiger partial charge in [0.2, 0.25) is 0 Å². The standard InChI is InChI=1S/C10H16N2OS/c1-8-10(13,4-3-7-14-8)9-11-5-6-12(9)2/h5-6,8,13H,3-4,7H2,1-2H3. The highest BCUT2D eigenvalue weighted by Crippen LogP contribution is 2.40. The molecule has 0 radical (unpaired) electrons. The van der Waals surface area contributed by atoms with E-state index in [2.05, 4.69) is 11.9 Å². The number of nitrogens with zero attached hydrogens (tertiary/aromatic N) is 2. The van der Waals surface area contributed by atoms with Gasteiger partial charge in [0.25, 0.3) is 0 Å². The molecule has 2 unspecified atom stereocenters. The maximum absolute atomic E-state index is 10.6. The molecule has 14 heavy (non-hydrogen) atoms. The quantitative estimate of drug-likeness (QED) is 0.767. The predicted molar refractivity (Wildman–Crippen MR) is 58.3 cm³/mol. The van der Waals surface area contributed by atoms with Crippen molar-refractivity contribution in [1.29, 1.82) is 0 Å². The molecule has 0 aliphatic carbocycles. The van der Waals surface area contributed by atoms with E-state index in [1.165, 1.54) is 0 Å². The Bertz CT molecular complexity index is 326. The SMILES string of the molecule is CC1SCCCC1(O)c1nccn1C. The average Bonchev–Trinajstić information content (AvgIpc) is 2.57. The largest absolute Gasteiger partial charge is 0.381 e. The molecule has 1 aliphatic rings. The smallest absolute Gasteiger partial charge is 0.141 e. The molecular weight excluding hydrogens is 196 g/mol. The average molecular weight is 212 g/mol. The summed E-state index contributed by atoms with van der Waals surface area (Å²) in [7, 11) is 1.94. The van der Waals surface area contributed by atoms with Gasteiger partial charge in [-0.2, -0.15) is 11.8 Å². The lowest BCUT2D eigenvalue weighted by Crippen LogP contribution is -2.41. The molecule has 1 aromatic heterocycles. The zero-order chi connectivity index (χ0) is 10.2. The molecule has 1 aromatic rings. The second kappa shape index (κ2) is 3.59. The van der Waals surface area contributed by atoms with E-state index < -0.39 is 5.60 Å². The minimum absolute atomic E-state index is 0.234. The van der Waals surface area contributed by atoms with Gasteiger partial charge in [-0.25, -0.2) is 4.98 Å². The Balaban J connectivity index is 2.34. The summed E-state index contributed by atoms with van der Waals surface area (Å²) < 4.78 is 1.92. The maximum Gasteiger partial charge on any atom is 0.141 e. The highest BCUT2D eigenvalue weighted by atomic mass is 32.2. The fourth-order valence-electron chi connectivity index (χ4n) is 2.02. The van der Waals surface area contributed by atoms with Gasteiger partial charge in [-0.05, 0) is 18.6 Å². The summed E-state index contributed by atoms with van der Waals surface area (Å²) in [4.78, 5) is 4.26. The van der Waals surface area contributed by atoms with E-state index in [1.807, 2.05) is 29.6 Å². The van der Waals surface area contributed by atoms with Crippen molar-refractivity contribution in [3.63, 3.8) is 0 Å². The van der Waals surface area contributed by atoms with Crippen molar-refractivity contribution in [1.82, 2.24) is 9.55 Å². The minimum Gasteiger partial charge on any atom is -0.381 e. The van der Waals surface area contributed by atoms with Crippen LogP contribution in [0.2, 0.25) is 0 Å². The van der Waals surface area contributed by atoms with Gasteiger partial charge in [0.05, 0.1) is 0 Å². The number of hydrogen-bond acceptors (Lipinski definition) is 3. The molecule has 1 saturated heterocycles. The second-order valence-electron chi connectivity index (χ2n) is 3.90. The molecule has 0 saturated carbocycles. The van der Waals surface area contributed by atoms with Crippen LogP contribution in [0.5, 0.6) is 0 Å². The third-order valence-electron chi connectivity index (χ3n) is 2.95. The molecule has 0 spiro atoms. The number of hydrogen-bond donors (Lipinski definition) is 1. The molecular formula is C10H16N2OS. The fourth-order valence-corrected chi connectivity index (χ4v) is 3.18. The molecule has 4 heteroatoms. The summed E-state index contributed by atoms with van der Waals surface area (Å²) in [6, 6.07) is 0. The molecule has 2 rings (SSSR count). The third kappa shape index (κ3) is 1.46. The van der Waals surface area contributed by atoms with E-state index in [1.54, 1.807) is 6.20 Å². The van der Waals surface area contributed by atoms with Crippen LogP contribution in [-0.2, 0) is 12.6 Å². The van der Waals surface area contributed by atoms with Crippen molar-refractivity contribution in [3.8, 4) is 0 Å². The van der Waals surface area contributed by atoms with Crippen LogP contribution in [0.4, 0.5) is 0 Å². The first-order valence-corrected chi connectivity index (χ1v) is 6.01. The maximum atomic E-state index is 10.6. The normalized spacial score (nSPS) is 33.2. The Labute approximate surface area is 88.5 Å². The van der Waals surface area contributed by atoms with E-state index in [4.69, 9.17) is 0 Å². The number of imidazole rings is 1. The Morgan fingerprint density at radius 2 is 2.50 bits per heavy atom.